The first-order valence-corrected chi connectivity index (χ1v) is 3.08. The third-order valence-corrected chi connectivity index (χ3v) is 2.46. The van der Waals surface area contributed by atoms with Crippen LogP contribution in [-0.2, 0) is 4.79 Å². The molecule has 0 radical (unpaired) electrons. The number of ketones is 1. The molecule has 1 aliphatic rings. The van der Waals surface area contributed by atoms with Gasteiger partial charge in [0.05, 0.1) is 0 Å². The van der Waals surface area contributed by atoms with E-state index in [-0.39, 0.29) is 5.41 Å². The smallest absolute Gasteiger partial charge is 0.135 e. The van der Waals surface area contributed by atoms with Gasteiger partial charge in [0.1, 0.15) is 5.78 Å². The SMILES string of the molecule is CC(=O)[C@@]1(C)C[C@@H]1C. The maximum absolute atomic E-state index is 10.7. The van der Waals surface area contributed by atoms with Crippen LogP contribution < -0.4 is 0 Å². The summed E-state index contributed by atoms with van der Waals surface area (Å²) in [5.41, 5.74) is 0.0694. The largest absolute Gasteiger partial charge is 0.299 e. The van der Waals surface area contributed by atoms with E-state index in [1.54, 1.807) is 6.92 Å². The molecule has 46 valence electrons. The van der Waals surface area contributed by atoms with Gasteiger partial charge in [0.15, 0.2) is 0 Å². The molecular formula is C7H12O. The first-order chi connectivity index (χ1) is 3.57. The van der Waals surface area contributed by atoms with Crippen LogP contribution in [0.3, 0.4) is 0 Å². The van der Waals surface area contributed by atoms with E-state index in [0.29, 0.717) is 11.7 Å². The minimum absolute atomic E-state index is 0.0694. The lowest BCUT2D eigenvalue weighted by molar-refractivity contribution is -0.121. The molecule has 8 heavy (non-hydrogen) atoms. The van der Waals surface area contributed by atoms with Crippen molar-refractivity contribution >= 4 is 5.78 Å². The second-order valence-electron chi connectivity index (χ2n) is 3.08. The fourth-order valence-corrected chi connectivity index (χ4v) is 1.07. The van der Waals surface area contributed by atoms with Crippen molar-refractivity contribution in [3.05, 3.63) is 0 Å². The quantitative estimate of drug-likeness (QED) is 0.503. The van der Waals surface area contributed by atoms with Gasteiger partial charge in [0.2, 0.25) is 0 Å². The Morgan fingerprint density at radius 3 is 2.12 bits per heavy atom. The highest BCUT2D eigenvalue weighted by Crippen LogP contribution is 2.52. The van der Waals surface area contributed by atoms with Crippen molar-refractivity contribution in [1.82, 2.24) is 0 Å². The van der Waals surface area contributed by atoms with Crippen molar-refractivity contribution in [2.24, 2.45) is 11.3 Å². The van der Waals surface area contributed by atoms with E-state index in [0.717, 1.165) is 6.42 Å². The maximum atomic E-state index is 10.7. The summed E-state index contributed by atoms with van der Waals surface area (Å²) in [5.74, 6) is 0.991. The first-order valence-electron chi connectivity index (χ1n) is 3.08. The lowest BCUT2D eigenvalue weighted by atomic mass is 10.0. The van der Waals surface area contributed by atoms with Crippen LogP contribution in [0, 0.1) is 11.3 Å². The van der Waals surface area contributed by atoms with Crippen molar-refractivity contribution in [1.29, 1.82) is 0 Å². The summed E-state index contributed by atoms with van der Waals surface area (Å²) < 4.78 is 0. The highest BCUT2D eigenvalue weighted by atomic mass is 16.1. The van der Waals surface area contributed by atoms with Gasteiger partial charge >= 0.3 is 0 Å². The Bertz CT molecular complexity index is 128. The molecule has 0 aliphatic heterocycles. The summed E-state index contributed by atoms with van der Waals surface area (Å²) in [7, 11) is 0. The Kier molecular flexibility index (Phi) is 0.969. The lowest BCUT2D eigenvalue weighted by Crippen LogP contribution is -2.08. The zero-order valence-electron chi connectivity index (χ0n) is 5.69. The van der Waals surface area contributed by atoms with Gasteiger partial charge in [-0.25, -0.2) is 0 Å². The van der Waals surface area contributed by atoms with Crippen molar-refractivity contribution in [3.8, 4) is 0 Å². The molecule has 0 spiro atoms. The molecule has 1 aliphatic carbocycles. The number of hydrogen-bond acceptors (Lipinski definition) is 1. The zero-order chi connectivity index (χ0) is 6.36. The fourth-order valence-electron chi connectivity index (χ4n) is 1.07. The summed E-state index contributed by atoms with van der Waals surface area (Å²) in [5, 5.41) is 0. The van der Waals surface area contributed by atoms with Gasteiger partial charge in [-0.2, -0.15) is 0 Å². The average molecular weight is 112 g/mol. The Balaban J connectivity index is 2.60. The Labute approximate surface area is 50.1 Å². The molecule has 0 saturated heterocycles. The lowest BCUT2D eigenvalue weighted by Gasteiger charge is -2.00. The van der Waals surface area contributed by atoms with Crippen molar-refractivity contribution in [2.75, 3.05) is 0 Å². The monoisotopic (exact) mass is 112 g/mol. The van der Waals surface area contributed by atoms with Crippen LogP contribution in [0.15, 0.2) is 0 Å². The van der Waals surface area contributed by atoms with Crippen LogP contribution in [0.25, 0.3) is 0 Å². The van der Waals surface area contributed by atoms with E-state index < -0.39 is 0 Å². The predicted octanol–water partition coefficient (Wildman–Crippen LogP) is 1.62. The molecule has 0 amide bonds. The van der Waals surface area contributed by atoms with Crippen molar-refractivity contribution in [3.63, 3.8) is 0 Å². The average Bonchev–Trinajstić information content (AvgIpc) is 2.17. The van der Waals surface area contributed by atoms with E-state index in [1.807, 2.05) is 6.92 Å². The second-order valence-corrected chi connectivity index (χ2v) is 3.08. The Morgan fingerprint density at radius 2 is 2.12 bits per heavy atom. The summed E-state index contributed by atoms with van der Waals surface area (Å²) in [6, 6.07) is 0. The van der Waals surface area contributed by atoms with Crippen LogP contribution >= 0.6 is 0 Å². The molecule has 1 heteroatoms. The summed E-state index contributed by atoms with van der Waals surface area (Å²) in [4.78, 5) is 10.7. The zero-order valence-corrected chi connectivity index (χ0v) is 5.69. The van der Waals surface area contributed by atoms with E-state index in [4.69, 9.17) is 0 Å². The van der Waals surface area contributed by atoms with Crippen LogP contribution in [0.2, 0.25) is 0 Å². The third kappa shape index (κ3) is 0.575. The van der Waals surface area contributed by atoms with Gasteiger partial charge in [-0.15, -0.1) is 0 Å². The van der Waals surface area contributed by atoms with Crippen LogP contribution in [0.4, 0.5) is 0 Å². The van der Waals surface area contributed by atoms with Gasteiger partial charge in [0.25, 0.3) is 0 Å². The summed E-state index contributed by atoms with van der Waals surface area (Å²) in [6.07, 6.45) is 1.10. The molecule has 0 bridgehead atoms. The second kappa shape index (κ2) is 1.34. The number of hydrogen-bond donors (Lipinski definition) is 0. The Morgan fingerprint density at radius 1 is 1.75 bits per heavy atom. The Hall–Kier alpha value is -0.330. The molecule has 0 N–H and O–H groups in total. The maximum Gasteiger partial charge on any atom is 0.135 e. The highest BCUT2D eigenvalue weighted by molar-refractivity contribution is 5.85. The minimum atomic E-state index is 0.0694. The van der Waals surface area contributed by atoms with E-state index in [9.17, 15) is 4.79 Å². The van der Waals surface area contributed by atoms with E-state index in [2.05, 4.69) is 6.92 Å². The van der Waals surface area contributed by atoms with Crippen LogP contribution in [-0.4, -0.2) is 5.78 Å². The molecule has 2 atom stereocenters. The standard InChI is InChI=1S/C7H12O/c1-5-4-7(5,3)6(2)8/h5H,4H2,1-3H3/t5-,7-/m0/s1. The summed E-state index contributed by atoms with van der Waals surface area (Å²) in [6.45, 7) is 5.85. The summed E-state index contributed by atoms with van der Waals surface area (Å²) >= 11 is 0. The third-order valence-electron chi connectivity index (χ3n) is 2.46. The van der Waals surface area contributed by atoms with E-state index >= 15 is 0 Å². The van der Waals surface area contributed by atoms with Gasteiger partial charge in [-0.05, 0) is 19.3 Å². The van der Waals surface area contributed by atoms with Gasteiger partial charge in [-0.1, -0.05) is 13.8 Å². The van der Waals surface area contributed by atoms with Crippen molar-refractivity contribution < 1.29 is 4.79 Å². The molecule has 0 aromatic heterocycles. The first kappa shape index (κ1) is 5.80. The number of Topliss-reactive ketones (excluding diaryl/α,β-unsaturated/α-hetero) is 1. The molecule has 1 fully saturated rings. The molecule has 0 heterocycles. The predicted molar refractivity (Wildman–Crippen MR) is 32.6 cm³/mol. The van der Waals surface area contributed by atoms with Crippen molar-refractivity contribution in [2.45, 2.75) is 27.2 Å². The van der Waals surface area contributed by atoms with E-state index in [1.165, 1.54) is 0 Å². The molecule has 1 saturated carbocycles. The topological polar surface area (TPSA) is 17.1 Å². The van der Waals surface area contributed by atoms with Gasteiger partial charge < -0.3 is 0 Å². The normalized spacial score (nSPS) is 44.1. The molecular weight excluding hydrogens is 100 g/mol. The molecule has 1 nitrogen and oxygen atoms in total. The van der Waals surface area contributed by atoms with Crippen LogP contribution in [0.1, 0.15) is 27.2 Å². The van der Waals surface area contributed by atoms with Crippen LogP contribution in [0.5, 0.6) is 0 Å². The van der Waals surface area contributed by atoms with Gasteiger partial charge in [0, 0.05) is 5.41 Å². The number of carbonyl (C=O) groups excluding carboxylic acids is 1. The number of rotatable bonds is 1. The molecule has 0 aromatic rings. The van der Waals surface area contributed by atoms with Gasteiger partial charge in [-0.3, -0.25) is 4.79 Å². The fraction of sp³-hybridized carbons (Fsp3) is 0.857. The highest BCUT2D eigenvalue weighted by Gasteiger charge is 2.50. The molecule has 0 unspecified atom stereocenters. The minimum Gasteiger partial charge on any atom is -0.299 e. The molecule has 1 rings (SSSR count). The number of carbonyl (C=O) groups is 1. The molecule has 0 aromatic carbocycles.